The number of aliphatic hydroxyl groups excluding tert-OH is 4. The monoisotopic (exact) mass is 437 g/mol. The summed E-state index contributed by atoms with van der Waals surface area (Å²) in [6, 6.07) is 9.50. The zero-order chi connectivity index (χ0) is 20.7. The highest BCUT2D eigenvalue weighted by molar-refractivity contribution is 8.14. The van der Waals surface area contributed by atoms with E-state index in [0.717, 1.165) is 17.3 Å². The quantitative estimate of drug-likeness (QED) is 0.157. The Morgan fingerprint density at radius 2 is 1.82 bits per heavy atom. The summed E-state index contributed by atoms with van der Waals surface area (Å²) in [4.78, 5) is 0. The van der Waals surface area contributed by atoms with Crippen LogP contribution in [-0.4, -0.2) is 74.9 Å². The van der Waals surface area contributed by atoms with Gasteiger partial charge in [-0.05, 0) is 24.8 Å². The van der Waals surface area contributed by atoms with Gasteiger partial charge in [-0.3, -0.25) is 4.55 Å². The van der Waals surface area contributed by atoms with Crippen LogP contribution in [0.5, 0.6) is 0 Å². The van der Waals surface area contributed by atoms with Gasteiger partial charge in [-0.15, -0.1) is 0 Å². The second-order valence-corrected chi connectivity index (χ2v) is 8.32. The van der Waals surface area contributed by atoms with Crippen LogP contribution in [0.2, 0.25) is 0 Å². The van der Waals surface area contributed by atoms with Crippen LogP contribution in [0.15, 0.2) is 35.5 Å². The van der Waals surface area contributed by atoms with Gasteiger partial charge in [0.15, 0.2) is 0 Å². The zero-order valence-electron chi connectivity index (χ0n) is 14.7. The molecule has 158 valence electrons. The molecule has 0 bridgehead atoms. The number of ether oxygens (including phenoxy) is 1. The van der Waals surface area contributed by atoms with Gasteiger partial charge in [0.05, 0.1) is 6.61 Å². The van der Waals surface area contributed by atoms with Gasteiger partial charge in [0.2, 0.25) is 0 Å². The molecule has 0 aromatic heterocycles. The van der Waals surface area contributed by atoms with E-state index < -0.39 is 46.9 Å². The highest BCUT2D eigenvalue weighted by atomic mass is 32.3. The van der Waals surface area contributed by atoms with Gasteiger partial charge < -0.3 is 25.2 Å². The third kappa shape index (κ3) is 6.97. The van der Waals surface area contributed by atoms with Crippen molar-refractivity contribution in [3.05, 3.63) is 35.9 Å². The molecule has 10 nitrogen and oxygen atoms in total. The van der Waals surface area contributed by atoms with Crippen LogP contribution in [0.25, 0.3) is 0 Å². The van der Waals surface area contributed by atoms with E-state index >= 15 is 0 Å². The van der Waals surface area contributed by atoms with Crippen molar-refractivity contribution in [2.24, 2.45) is 5.16 Å². The molecule has 1 aromatic carbocycles. The number of rotatable bonds is 8. The number of hydrogen-bond donors (Lipinski definition) is 5. The topological polar surface area (TPSA) is 166 Å². The minimum atomic E-state index is -4.82. The molecule has 5 atom stereocenters. The smallest absolute Gasteiger partial charge is 0.394 e. The van der Waals surface area contributed by atoms with Crippen LogP contribution in [0.3, 0.4) is 0 Å². The summed E-state index contributed by atoms with van der Waals surface area (Å²) in [7, 11) is -4.82. The number of hydrogen-bond acceptors (Lipinski definition) is 10. The van der Waals surface area contributed by atoms with Crippen LogP contribution < -0.4 is 0 Å². The number of thioether (sulfide) groups is 1. The van der Waals surface area contributed by atoms with Gasteiger partial charge in [-0.25, -0.2) is 4.28 Å². The van der Waals surface area contributed by atoms with E-state index in [1.165, 1.54) is 0 Å². The average molecular weight is 437 g/mol. The summed E-state index contributed by atoms with van der Waals surface area (Å²) in [6.45, 7) is -0.593. The predicted molar refractivity (Wildman–Crippen MR) is 101 cm³/mol. The van der Waals surface area contributed by atoms with E-state index in [1.54, 1.807) is 0 Å². The van der Waals surface area contributed by atoms with Crippen LogP contribution in [0.4, 0.5) is 0 Å². The van der Waals surface area contributed by atoms with Gasteiger partial charge in [0, 0.05) is 0 Å². The number of oxime groups is 1. The molecular weight excluding hydrogens is 414 g/mol. The van der Waals surface area contributed by atoms with E-state index in [2.05, 4.69) is 9.44 Å². The van der Waals surface area contributed by atoms with Crippen LogP contribution in [0, 0.1) is 0 Å². The molecule has 1 heterocycles. The molecule has 0 spiro atoms. The average Bonchev–Trinajstić information content (AvgIpc) is 2.66. The van der Waals surface area contributed by atoms with Crippen molar-refractivity contribution < 1.29 is 42.4 Å². The van der Waals surface area contributed by atoms with Crippen LogP contribution in [0.1, 0.15) is 18.4 Å². The summed E-state index contributed by atoms with van der Waals surface area (Å²) < 4.78 is 39.8. The molecule has 28 heavy (non-hydrogen) atoms. The molecule has 1 aliphatic rings. The van der Waals surface area contributed by atoms with Crippen molar-refractivity contribution >= 4 is 27.2 Å². The summed E-state index contributed by atoms with van der Waals surface area (Å²) in [5.74, 6) is 0. The minimum absolute atomic E-state index is 0.0814. The lowest BCUT2D eigenvalue weighted by atomic mass is 10.0. The molecule has 1 aliphatic heterocycles. The summed E-state index contributed by atoms with van der Waals surface area (Å²) in [5, 5.41) is 42.5. The van der Waals surface area contributed by atoms with Crippen molar-refractivity contribution in [1.82, 2.24) is 0 Å². The van der Waals surface area contributed by atoms with Gasteiger partial charge in [-0.1, -0.05) is 47.2 Å². The first-order chi connectivity index (χ1) is 13.2. The van der Waals surface area contributed by atoms with Gasteiger partial charge in [0.25, 0.3) is 0 Å². The Labute approximate surface area is 166 Å². The van der Waals surface area contributed by atoms with E-state index in [0.29, 0.717) is 12.8 Å². The summed E-state index contributed by atoms with van der Waals surface area (Å²) >= 11 is 0.769. The fourth-order valence-corrected chi connectivity index (χ4v) is 3.94. The summed E-state index contributed by atoms with van der Waals surface area (Å²) in [6.07, 6.45) is -4.29. The molecular formula is C16H23NO9S2. The van der Waals surface area contributed by atoms with E-state index in [1.807, 2.05) is 30.3 Å². The van der Waals surface area contributed by atoms with Crippen molar-refractivity contribution in [2.45, 2.75) is 49.1 Å². The normalized spacial score (nSPS) is 28.9. The van der Waals surface area contributed by atoms with Gasteiger partial charge >= 0.3 is 10.4 Å². The molecule has 5 N–H and O–H groups in total. The molecule has 0 radical (unpaired) electrons. The lowest BCUT2D eigenvalue weighted by Crippen LogP contribution is -2.57. The lowest BCUT2D eigenvalue weighted by molar-refractivity contribution is -0.205. The highest BCUT2D eigenvalue weighted by Gasteiger charge is 2.44. The molecule has 0 unspecified atom stereocenters. The SMILES string of the molecule is O=S(=O)(O)ON=C(CCCc1ccccc1)S[C@@H]1O[C@H](CO)[C@@H](O)[C@@H](O)[C@@H]1O. The van der Waals surface area contributed by atoms with E-state index in [-0.39, 0.29) is 11.5 Å². The first-order valence-electron chi connectivity index (χ1n) is 8.45. The lowest BCUT2D eigenvalue weighted by Gasteiger charge is -2.39. The first-order valence-corrected chi connectivity index (χ1v) is 10.7. The van der Waals surface area contributed by atoms with Crippen molar-refractivity contribution in [2.75, 3.05) is 6.61 Å². The van der Waals surface area contributed by atoms with Crippen molar-refractivity contribution in [3.63, 3.8) is 0 Å². The Kier molecular flexibility index (Phi) is 8.64. The maximum absolute atomic E-state index is 10.8. The molecule has 1 saturated heterocycles. The van der Waals surface area contributed by atoms with Gasteiger partial charge in [0.1, 0.15) is 34.9 Å². The third-order valence-corrected chi connectivity index (χ3v) is 5.47. The fraction of sp³-hybridized carbons (Fsp3) is 0.562. The Morgan fingerprint density at radius 3 is 2.43 bits per heavy atom. The Hall–Kier alpha value is -1.25. The van der Waals surface area contributed by atoms with E-state index in [9.17, 15) is 28.8 Å². The van der Waals surface area contributed by atoms with E-state index in [4.69, 9.17) is 9.29 Å². The number of aliphatic hydroxyl groups is 4. The molecule has 0 aliphatic carbocycles. The van der Waals surface area contributed by atoms with Crippen molar-refractivity contribution in [1.29, 1.82) is 0 Å². The summed E-state index contributed by atoms with van der Waals surface area (Å²) in [5.41, 5.74) is -0.0913. The zero-order valence-corrected chi connectivity index (χ0v) is 16.4. The fourth-order valence-electron chi connectivity index (χ4n) is 2.60. The Balaban J connectivity index is 2.05. The molecule has 2 rings (SSSR count). The molecule has 1 fully saturated rings. The Morgan fingerprint density at radius 1 is 1.14 bits per heavy atom. The van der Waals surface area contributed by atoms with Crippen molar-refractivity contribution in [3.8, 4) is 0 Å². The third-order valence-electron chi connectivity index (χ3n) is 4.03. The molecule has 0 amide bonds. The number of nitrogens with zero attached hydrogens (tertiary/aromatic N) is 1. The first kappa shape index (κ1) is 23.0. The highest BCUT2D eigenvalue weighted by Crippen LogP contribution is 2.30. The number of aryl methyl sites for hydroxylation is 1. The second-order valence-electron chi connectivity index (χ2n) is 6.14. The van der Waals surface area contributed by atoms with Gasteiger partial charge in [-0.2, -0.15) is 8.42 Å². The minimum Gasteiger partial charge on any atom is -0.394 e. The molecule has 0 saturated carbocycles. The van der Waals surface area contributed by atoms with Crippen LogP contribution >= 0.6 is 11.8 Å². The molecule has 1 aromatic rings. The largest absolute Gasteiger partial charge is 0.466 e. The number of benzene rings is 1. The second kappa shape index (κ2) is 10.5. The predicted octanol–water partition coefficient (Wildman–Crippen LogP) is -0.325. The van der Waals surface area contributed by atoms with Crippen LogP contribution in [-0.2, 0) is 25.8 Å². The maximum atomic E-state index is 10.8. The molecule has 12 heteroatoms. The maximum Gasteiger partial charge on any atom is 0.466 e. The standard InChI is InChI=1S/C16H23NO9S2/c18-9-11-13(19)14(20)15(21)16(25-11)27-12(17-26-28(22,23)24)8-4-7-10-5-2-1-3-6-10/h1-3,5-6,11,13-16,18-21H,4,7-9H2,(H,22,23,24)/t11-,13-,14-,15+,16+/m1/s1. The Bertz CT molecular complexity index is 742.